The molecule has 0 radical (unpaired) electrons. The number of nitrogens with one attached hydrogen (secondary N) is 2. The van der Waals surface area contributed by atoms with Gasteiger partial charge in [-0.1, -0.05) is 12.1 Å². The molecule has 0 saturated carbocycles. The van der Waals surface area contributed by atoms with Crippen LogP contribution in [0.2, 0.25) is 0 Å². The molecule has 0 amide bonds. The summed E-state index contributed by atoms with van der Waals surface area (Å²) in [6.07, 6.45) is 1.40. The van der Waals surface area contributed by atoms with Crippen LogP contribution >= 0.6 is 0 Å². The van der Waals surface area contributed by atoms with E-state index in [2.05, 4.69) is 25.8 Å². The molecule has 128 valence electrons. The van der Waals surface area contributed by atoms with Crippen LogP contribution in [0, 0.1) is 31.3 Å². The van der Waals surface area contributed by atoms with E-state index in [1.54, 1.807) is 0 Å². The highest BCUT2D eigenvalue weighted by Gasteiger charge is 2.14. The first-order valence-corrected chi connectivity index (χ1v) is 7.39. The van der Waals surface area contributed by atoms with Gasteiger partial charge in [-0.05, 0) is 43.2 Å². The van der Waals surface area contributed by atoms with Crippen LogP contribution in [0.1, 0.15) is 11.1 Å². The van der Waals surface area contributed by atoms with Crippen LogP contribution in [0.5, 0.6) is 0 Å². The summed E-state index contributed by atoms with van der Waals surface area (Å²) in [4.78, 5) is 4.15. The van der Waals surface area contributed by atoms with Crippen molar-refractivity contribution in [3.8, 4) is 0 Å². The molecule has 0 aliphatic carbocycles. The maximum absolute atomic E-state index is 13.7. The minimum atomic E-state index is -1.57. The average Bonchev–Trinajstić information content (AvgIpc) is 2.60. The van der Waals surface area contributed by atoms with Gasteiger partial charge >= 0.3 is 0 Å². The molecule has 0 saturated heterocycles. The molecule has 8 heteroatoms. The van der Waals surface area contributed by atoms with Gasteiger partial charge in [0.1, 0.15) is 0 Å². The first kappa shape index (κ1) is 16.7. The molecule has 2 aromatic carbocycles. The molecule has 0 aliphatic heterocycles. The molecular formula is C17H14F3N5. The molecule has 0 atom stereocenters. The number of nitrogens with zero attached hydrogens (tertiary/aromatic N) is 3. The number of anilines is 4. The maximum Gasteiger partial charge on any atom is 0.249 e. The summed E-state index contributed by atoms with van der Waals surface area (Å²) in [5.74, 6) is -3.87. The minimum Gasteiger partial charge on any atom is -0.339 e. The Morgan fingerprint density at radius 1 is 0.880 bits per heavy atom. The second kappa shape index (κ2) is 6.76. The van der Waals surface area contributed by atoms with Gasteiger partial charge < -0.3 is 10.6 Å². The van der Waals surface area contributed by atoms with Gasteiger partial charge in [0.2, 0.25) is 5.95 Å². The molecule has 0 unspecified atom stereocenters. The van der Waals surface area contributed by atoms with E-state index in [-0.39, 0.29) is 11.6 Å². The average molecular weight is 345 g/mol. The largest absolute Gasteiger partial charge is 0.339 e. The topological polar surface area (TPSA) is 62.7 Å². The van der Waals surface area contributed by atoms with E-state index in [1.807, 2.05) is 32.0 Å². The molecule has 1 heterocycles. The van der Waals surface area contributed by atoms with E-state index in [9.17, 15) is 13.2 Å². The molecule has 25 heavy (non-hydrogen) atoms. The van der Waals surface area contributed by atoms with Crippen LogP contribution in [-0.2, 0) is 0 Å². The SMILES string of the molecule is Cc1cccc(Nc2cnnc(Nc3ccc(F)c(F)c3F)n2)c1C. The predicted molar refractivity (Wildman–Crippen MR) is 88.6 cm³/mol. The summed E-state index contributed by atoms with van der Waals surface area (Å²) in [5.41, 5.74) is 2.70. The lowest BCUT2D eigenvalue weighted by Gasteiger charge is -2.11. The van der Waals surface area contributed by atoms with Crippen molar-refractivity contribution in [3.63, 3.8) is 0 Å². The first-order chi connectivity index (χ1) is 12.0. The zero-order valence-corrected chi connectivity index (χ0v) is 13.4. The lowest BCUT2D eigenvalue weighted by atomic mass is 10.1. The predicted octanol–water partition coefficient (Wildman–Crippen LogP) is 4.39. The van der Waals surface area contributed by atoms with Crippen LogP contribution in [0.3, 0.4) is 0 Å². The highest BCUT2D eigenvalue weighted by molar-refractivity contribution is 5.63. The molecule has 0 fully saturated rings. The molecule has 5 nitrogen and oxygen atoms in total. The Labute approximate surface area is 141 Å². The molecule has 0 bridgehead atoms. The van der Waals surface area contributed by atoms with Gasteiger partial charge in [0, 0.05) is 5.69 Å². The van der Waals surface area contributed by atoms with Gasteiger partial charge in [0.25, 0.3) is 0 Å². The van der Waals surface area contributed by atoms with Crippen molar-refractivity contribution in [1.82, 2.24) is 15.2 Å². The molecular weight excluding hydrogens is 331 g/mol. The van der Waals surface area contributed by atoms with Gasteiger partial charge in [0.05, 0.1) is 11.9 Å². The summed E-state index contributed by atoms with van der Waals surface area (Å²) in [5, 5.41) is 13.1. The zero-order valence-electron chi connectivity index (χ0n) is 13.4. The monoisotopic (exact) mass is 345 g/mol. The summed E-state index contributed by atoms with van der Waals surface area (Å²) in [6.45, 7) is 3.94. The summed E-state index contributed by atoms with van der Waals surface area (Å²) in [7, 11) is 0. The number of rotatable bonds is 4. The van der Waals surface area contributed by atoms with Crippen molar-refractivity contribution in [1.29, 1.82) is 0 Å². The fraction of sp³-hybridized carbons (Fsp3) is 0.118. The van der Waals surface area contributed by atoms with Crippen LogP contribution in [0.15, 0.2) is 36.5 Å². The van der Waals surface area contributed by atoms with Crippen LogP contribution in [-0.4, -0.2) is 15.2 Å². The summed E-state index contributed by atoms with van der Waals surface area (Å²) < 4.78 is 40.0. The number of aryl methyl sites for hydroxylation is 1. The van der Waals surface area contributed by atoms with Gasteiger partial charge in [-0.25, -0.2) is 13.2 Å². The Kier molecular flexibility index (Phi) is 4.51. The Balaban J connectivity index is 1.85. The Morgan fingerprint density at radius 3 is 2.48 bits per heavy atom. The molecule has 3 rings (SSSR count). The molecule has 2 N–H and O–H groups in total. The second-order valence-electron chi connectivity index (χ2n) is 5.39. The maximum atomic E-state index is 13.7. The number of aromatic nitrogens is 3. The zero-order chi connectivity index (χ0) is 18.0. The highest BCUT2D eigenvalue weighted by atomic mass is 19.2. The van der Waals surface area contributed by atoms with Gasteiger partial charge in [-0.15, -0.1) is 5.10 Å². The third-order valence-corrected chi connectivity index (χ3v) is 3.71. The number of hydrogen-bond donors (Lipinski definition) is 2. The van der Waals surface area contributed by atoms with Gasteiger partial charge in [0.15, 0.2) is 23.3 Å². The number of hydrogen-bond acceptors (Lipinski definition) is 5. The smallest absolute Gasteiger partial charge is 0.249 e. The number of halogens is 3. The molecule has 3 aromatic rings. The van der Waals surface area contributed by atoms with Crippen molar-refractivity contribution in [2.24, 2.45) is 0 Å². The van der Waals surface area contributed by atoms with E-state index in [0.29, 0.717) is 5.82 Å². The van der Waals surface area contributed by atoms with Gasteiger partial charge in [-0.3, -0.25) is 0 Å². The van der Waals surface area contributed by atoms with E-state index in [1.165, 1.54) is 6.20 Å². The minimum absolute atomic E-state index is 0.0554. The van der Waals surface area contributed by atoms with Crippen molar-refractivity contribution in [2.75, 3.05) is 10.6 Å². The first-order valence-electron chi connectivity index (χ1n) is 7.39. The van der Waals surface area contributed by atoms with Crippen molar-refractivity contribution >= 4 is 23.1 Å². The van der Waals surface area contributed by atoms with E-state index >= 15 is 0 Å². The van der Waals surface area contributed by atoms with Crippen molar-refractivity contribution < 1.29 is 13.2 Å². The van der Waals surface area contributed by atoms with Crippen LogP contribution < -0.4 is 10.6 Å². The molecule has 0 spiro atoms. The third kappa shape index (κ3) is 3.52. The van der Waals surface area contributed by atoms with Crippen LogP contribution in [0.4, 0.5) is 36.3 Å². The standard InChI is InChI=1S/C17H14F3N5/c1-9-4-3-5-12(10(9)2)22-14-8-21-25-17(24-14)23-13-7-6-11(18)15(19)16(13)20/h3-8H,1-2H3,(H2,22,23,24,25). The Bertz CT molecular complexity index is 930. The summed E-state index contributed by atoms with van der Waals surface area (Å²) in [6, 6.07) is 7.63. The lowest BCUT2D eigenvalue weighted by molar-refractivity contribution is 0.449. The van der Waals surface area contributed by atoms with Gasteiger partial charge in [-0.2, -0.15) is 10.1 Å². The van der Waals surface area contributed by atoms with E-state index < -0.39 is 17.5 Å². The van der Waals surface area contributed by atoms with Crippen molar-refractivity contribution in [2.45, 2.75) is 13.8 Å². The third-order valence-electron chi connectivity index (χ3n) is 3.71. The van der Waals surface area contributed by atoms with E-state index in [4.69, 9.17) is 0 Å². The number of benzene rings is 2. The van der Waals surface area contributed by atoms with Crippen molar-refractivity contribution in [3.05, 3.63) is 65.1 Å². The quantitative estimate of drug-likeness (QED) is 0.687. The fourth-order valence-corrected chi connectivity index (χ4v) is 2.18. The molecule has 0 aliphatic rings. The van der Waals surface area contributed by atoms with E-state index in [0.717, 1.165) is 28.9 Å². The fourth-order valence-electron chi connectivity index (χ4n) is 2.18. The molecule has 1 aromatic heterocycles. The highest BCUT2D eigenvalue weighted by Crippen LogP contribution is 2.24. The summed E-state index contributed by atoms with van der Waals surface area (Å²) >= 11 is 0. The Morgan fingerprint density at radius 2 is 1.68 bits per heavy atom. The lowest BCUT2D eigenvalue weighted by Crippen LogP contribution is -2.05. The normalized spacial score (nSPS) is 10.6. The Hall–Kier alpha value is -3.16. The second-order valence-corrected chi connectivity index (χ2v) is 5.39. The van der Waals surface area contributed by atoms with Crippen LogP contribution in [0.25, 0.3) is 0 Å².